The number of aliphatic hydroxyl groups is 1. The van der Waals surface area contributed by atoms with Gasteiger partial charge in [0.05, 0.1) is 6.07 Å². The first-order valence-corrected chi connectivity index (χ1v) is 6.04. The summed E-state index contributed by atoms with van der Waals surface area (Å²) < 4.78 is 24.9. The van der Waals surface area contributed by atoms with E-state index in [0.29, 0.717) is 12.8 Å². The summed E-state index contributed by atoms with van der Waals surface area (Å²) in [4.78, 5) is 0. The summed E-state index contributed by atoms with van der Waals surface area (Å²) in [6.07, 6.45) is 0.909. The highest BCUT2D eigenvalue weighted by molar-refractivity contribution is 7.89. The second-order valence-electron chi connectivity index (χ2n) is 3.41. The number of aliphatic hydroxyl groups excluding tert-OH is 1. The Kier molecular flexibility index (Phi) is 5.05. The van der Waals surface area contributed by atoms with Crippen molar-refractivity contribution in [3.63, 3.8) is 0 Å². The number of hydrogen-bond donors (Lipinski definition) is 2. The molecule has 5 nitrogen and oxygen atoms in total. The maximum atomic E-state index is 11.3. The molecule has 0 saturated heterocycles. The Hall–Kier alpha value is -0.640. The molecule has 1 atom stereocenters. The molecule has 0 aliphatic heterocycles. The lowest BCUT2D eigenvalue weighted by molar-refractivity contribution is 0.233. The molecule has 1 unspecified atom stereocenters. The number of rotatable bonds is 6. The van der Waals surface area contributed by atoms with E-state index in [1.54, 1.807) is 13.0 Å². The van der Waals surface area contributed by atoms with Crippen LogP contribution in [0.2, 0.25) is 0 Å². The second-order valence-corrected chi connectivity index (χ2v) is 5.13. The van der Waals surface area contributed by atoms with Crippen LogP contribution in [0.25, 0.3) is 0 Å². The normalized spacial score (nSPS) is 15.9. The lowest BCUT2D eigenvalue weighted by Gasteiger charge is -2.27. The summed E-state index contributed by atoms with van der Waals surface area (Å²) in [6, 6.07) is 1.58. The van der Waals surface area contributed by atoms with Crippen molar-refractivity contribution in [1.82, 2.24) is 4.72 Å². The van der Waals surface area contributed by atoms with E-state index in [9.17, 15) is 8.42 Å². The molecule has 0 spiro atoms. The molecule has 0 aliphatic carbocycles. The first kappa shape index (κ1) is 13.4. The summed E-state index contributed by atoms with van der Waals surface area (Å²) in [6.45, 7) is 3.45. The Labute approximate surface area is 84.8 Å². The van der Waals surface area contributed by atoms with Crippen LogP contribution in [0.1, 0.15) is 26.7 Å². The summed E-state index contributed by atoms with van der Waals surface area (Å²) in [7, 11) is -3.55. The second kappa shape index (κ2) is 5.29. The third-order valence-corrected chi connectivity index (χ3v) is 3.41. The Morgan fingerprint density at radius 1 is 1.57 bits per heavy atom. The Morgan fingerprint density at radius 2 is 2.14 bits per heavy atom. The van der Waals surface area contributed by atoms with E-state index in [0.717, 1.165) is 0 Å². The topological polar surface area (TPSA) is 90.2 Å². The molecule has 0 saturated carbocycles. The summed E-state index contributed by atoms with van der Waals surface area (Å²) in [5.74, 6) is -0.548. The van der Waals surface area contributed by atoms with Crippen LogP contribution < -0.4 is 4.72 Å². The molecule has 82 valence electrons. The van der Waals surface area contributed by atoms with Gasteiger partial charge in [0, 0.05) is 12.1 Å². The highest BCUT2D eigenvalue weighted by atomic mass is 32.2. The van der Waals surface area contributed by atoms with Crippen molar-refractivity contribution in [3.05, 3.63) is 0 Å². The zero-order chi connectivity index (χ0) is 11.2. The Bertz CT molecular complexity index is 307. The van der Waals surface area contributed by atoms with Crippen molar-refractivity contribution in [2.45, 2.75) is 32.2 Å². The fourth-order valence-electron chi connectivity index (χ4n) is 1.04. The predicted octanol–water partition coefficient (Wildman–Crippen LogP) is -0.0195. The Balaban J connectivity index is 4.54. The van der Waals surface area contributed by atoms with E-state index in [1.165, 1.54) is 0 Å². The first-order valence-electron chi connectivity index (χ1n) is 4.38. The van der Waals surface area contributed by atoms with Crippen LogP contribution in [0.15, 0.2) is 0 Å². The highest BCUT2D eigenvalue weighted by Gasteiger charge is 2.27. The van der Waals surface area contributed by atoms with E-state index in [-0.39, 0.29) is 6.61 Å². The molecule has 6 heteroatoms. The summed E-state index contributed by atoms with van der Waals surface area (Å²) in [5, 5.41) is 17.0. The molecule has 0 aromatic rings. The number of nitrogens with zero attached hydrogens (tertiary/aromatic N) is 1. The van der Waals surface area contributed by atoms with Crippen molar-refractivity contribution in [1.29, 1.82) is 5.26 Å². The third-order valence-electron chi connectivity index (χ3n) is 2.10. The van der Waals surface area contributed by atoms with Crippen LogP contribution in [0.3, 0.4) is 0 Å². The van der Waals surface area contributed by atoms with E-state index in [2.05, 4.69) is 4.72 Å². The molecular weight excluding hydrogens is 204 g/mol. The van der Waals surface area contributed by atoms with Crippen molar-refractivity contribution in [3.8, 4) is 6.07 Å². The minimum atomic E-state index is -3.55. The SMILES string of the molecule is CCC(C)(CCO)NS(=O)(=O)CC#N. The van der Waals surface area contributed by atoms with Crippen molar-refractivity contribution in [2.24, 2.45) is 0 Å². The van der Waals surface area contributed by atoms with Gasteiger partial charge in [-0.25, -0.2) is 13.1 Å². The van der Waals surface area contributed by atoms with Crippen LogP contribution in [0, 0.1) is 11.3 Å². The predicted molar refractivity (Wildman–Crippen MR) is 52.9 cm³/mol. The van der Waals surface area contributed by atoms with Gasteiger partial charge >= 0.3 is 0 Å². The van der Waals surface area contributed by atoms with Crippen molar-refractivity contribution < 1.29 is 13.5 Å². The van der Waals surface area contributed by atoms with E-state index >= 15 is 0 Å². The fraction of sp³-hybridized carbons (Fsp3) is 0.875. The fourth-order valence-corrected chi connectivity index (χ4v) is 2.28. The highest BCUT2D eigenvalue weighted by Crippen LogP contribution is 2.15. The van der Waals surface area contributed by atoms with Gasteiger partial charge in [-0.05, 0) is 19.8 Å². The molecule has 2 N–H and O–H groups in total. The van der Waals surface area contributed by atoms with Crippen LogP contribution in [0.5, 0.6) is 0 Å². The minimum absolute atomic E-state index is 0.0839. The lowest BCUT2D eigenvalue weighted by atomic mass is 9.97. The molecule has 0 fully saturated rings. The van der Waals surface area contributed by atoms with Crippen LogP contribution in [-0.4, -0.2) is 31.4 Å². The van der Waals surface area contributed by atoms with Crippen molar-refractivity contribution >= 4 is 10.0 Å². The van der Waals surface area contributed by atoms with Gasteiger partial charge in [0.1, 0.15) is 0 Å². The zero-order valence-electron chi connectivity index (χ0n) is 8.45. The van der Waals surface area contributed by atoms with Crippen LogP contribution in [-0.2, 0) is 10.0 Å². The van der Waals surface area contributed by atoms with Gasteiger partial charge in [0.25, 0.3) is 0 Å². The molecular formula is C8H16N2O3S. The van der Waals surface area contributed by atoms with E-state index in [4.69, 9.17) is 10.4 Å². The van der Waals surface area contributed by atoms with Gasteiger partial charge in [-0.2, -0.15) is 5.26 Å². The average molecular weight is 220 g/mol. The molecule has 0 aliphatic rings. The van der Waals surface area contributed by atoms with Gasteiger partial charge in [0.2, 0.25) is 10.0 Å². The third kappa shape index (κ3) is 4.56. The molecule has 0 rings (SSSR count). The number of nitriles is 1. The number of hydrogen-bond acceptors (Lipinski definition) is 4. The molecule has 0 bridgehead atoms. The molecule has 0 heterocycles. The van der Waals surface area contributed by atoms with E-state index in [1.807, 2.05) is 6.92 Å². The smallest absolute Gasteiger partial charge is 0.225 e. The van der Waals surface area contributed by atoms with E-state index < -0.39 is 21.3 Å². The van der Waals surface area contributed by atoms with Crippen LogP contribution in [0.4, 0.5) is 0 Å². The minimum Gasteiger partial charge on any atom is -0.396 e. The summed E-state index contributed by atoms with van der Waals surface area (Å²) >= 11 is 0. The average Bonchev–Trinajstić information content (AvgIpc) is 2.03. The molecule has 0 aromatic heterocycles. The molecule has 0 aromatic carbocycles. The standard InChI is InChI=1S/C8H16N2O3S/c1-3-8(2,4-6-11)10-14(12,13)7-5-9/h10-11H,3-4,6-7H2,1-2H3. The molecule has 14 heavy (non-hydrogen) atoms. The van der Waals surface area contributed by atoms with Gasteiger partial charge < -0.3 is 5.11 Å². The molecule has 0 radical (unpaired) electrons. The lowest BCUT2D eigenvalue weighted by Crippen LogP contribution is -2.46. The van der Waals surface area contributed by atoms with Crippen LogP contribution >= 0.6 is 0 Å². The van der Waals surface area contributed by atoms with Gasteiger partial charge in [-0.1, -0.05) is 6.92 Å². The maximum Gasteiger partial charge on any atom is 0.225 e. The van der Waals surface area contributed by atoms with Gasteiger partial charge in [-0.15, -0.1) is 0 Å². The van der Waals surface area contributed by atoms with Gasteiger partial charge in [0.15, 0.2) is 5.75 Å². The maximum absolute atomic E-state index is 11.3. The first-order chi connectivity index (χ1) is 6.39. The number of nitrogens with one attached hydrogen (secondary N) is 1. The van der Waals surface area contributed by atoms with Crippen molar-refractivity contribution in [2.75, 3.05) is 12.4 Å². The monoisotopic (exact) mass is 220 g/mol. The Morgan fingerprint density at radius 3 is 2.50 bits per heavy atom. The quantitative estimate of drug-likeness (QED) is 0.658. The summed E-state index contributed by atoms with van der Waals surface area (Å²) in [5.41, 5.74) is -0.662. The van der Waals surface area contributed by atoms with Gasteiger partial charge in [-0.3, -0.25) is 0 Å². The number of sulfonamides is 1. The zero-order valence-corrected chi connectivity index (χ0v) is 9.26. The largest absolute Gasteiger partial charge is 0.396 e. The molecule has 0 amide bonds.